The molecule has 0 radical (unpaired) electrons. The number of hydrogen-bond acceptors (Lipinski definition) is 5. The number of nitrogens with two attached hydrogens (primary N) is 1. The number of nitro benzene ring substituents is 1. The van der Waals surface area contributed by atoms with E-state index in [1.807, 2.05) is 0 Å². The fraction of sp³-hybridized carbons (Fsp3) is 0.500. The summed E-state index contributed by atoms with van der Waals surface area (Å²) in [4.78, 5) is 24.6. The van der Waals surface area contributed by atoms with Crippen molar-refractivity contribution in [2.24, 2.45) is 5.73 Å². The highest BCUT2D eigenvalue weighted by Gasteiger charge is 2.27. The Labute approximate surface area is 122 Å². The minimum atomic E-state index is -0.458. The SMILES string of the molecule is CC(C(=O)N1CCOC(CN)C1)c1cccc([N+](=O)[O-])c1. The fourth-order valence-electron chi connectivity index (χ4n) is 2.39. The van der Waals surface area contributed by atoms with E-state index in [9.17, 15) is 14.9 Å². The highest BCUT2D eigenvalue weighted by molar-refractivity contribution is 5.83. The molecule has 21 heavy (non-hydrogen) atoms. The number of rotatable bonds is 4. The molecular formula is C14H19N3O4. The second-order valence-corrected chi connectivity index (χ2v) is 5.09. The zero-order valence-corrected chi connectivity index (χ0v) is 11.9. The lowest BCUT2D eigenvalue weighted by Gasteiger charge is -2.34. The minimum absolute atomic E-state index is 0.00559. The van der Waals surface area contributed by atoms with Gasteiger partial charge in [-0.3, -0.25) is 14.9 Å². The van der Waals surface area contributed by atoms with Gasteiger partial charge in [0.25, 0.3) is 5.69 Å². The van der Waals surface area contributed by atoms with Crippen LogP contribution in [0, 0.1) is 10.1 Å². The summed E-state index contributed by atoms with van der Waals surface area (Å²) in [6.45, 7) is 3.59. The molecule has 2 rings (SSSR count). The summed E-state index contributed by atoms with van der Waals surface area (Å²) in [5, 5.41) is 10.8. The maximum absolute atomic E-state index is 12.5. The molecule has 7 heteroatoms. The third-order valence-electron chi connectivity index (χ3n) is 3.66. The number of benzene rings is 1. The number of nitrogens with zero attached hydrogens (tertiary/aromatic N) is 2. The number of amides is 1. The molecule has 2 N–H and O–H groups in total. The number of carbonyl (C=O) groups excluding carboxylic acids is 1. The monoisotopic (exact) mass is 293 g/mol. The first kappa shape index (κ1) is 15.4. The number of non-ortho nitro benzene ring substituents is 1. The second-order valence-electron chi connectivity index (χ2n) is 5.09. The van der Waals surface area contributed by atoms with Crippen LogP contribution in [0.3, 0.4) is 0 Å². The van der Waals surface area contributed by atoms with Crippen LogP contribution >= 0.6 is 0 Å². The Kier molecular flexibility index (Phi) is 4.87. The molecular weight excluding hydrogens is 274 g/mol. The van der Waals surface area contributed by atoms with Gasteiger partial charge in [-0.25, -0.2) is 0 Å². The first-order valence-corrected chi connectivity index (χ1v) is 6.87. The van der Waals surface area contributed by atoms with Crippen molar-refractivity contribution in [1.29, 1.82) is 0 Å². The number of ether oxygens (including phenoxy) is 1. The Hall–Kier alpha value is -1.99. The van der Waals surface area contributed by atoms with Crippen LogP contribution in [0.4, 0.5) is 5.69 Å². The second kappa shape index (κ2) is 6.64. The van der Waals surface area contributed by atoms with E-state index in [0.29, 0.717) is 31.8 Å². The molecule has 0 aromatic heterocycles. The van der Waals surface area contributed by atoms with E-state index in [2.05, 4.69) is 0 Å². The van der Waals surface area contributed by atoms with Gasteiger partial charge in [-0.15, -0.1) is 0 Å². The normalized spacial score (nSPS) is 20.1. The molecule has 0 aliphatic carbocycles. The zero-order valence-electron chi connectivity index (χ0n) is 11.9. The average molecular weight is 293 g/mol. The van der Waals surface area contributed by atoms with Crippen LogP contribution in [-0.4, -0.2) is 48.1 Å². The molecule has 1 saturated heterocycles. The van der Waals surface area contributed by atoms with Crippen LogP contribution in [0.2, 0.25) is 0 Å². The maximum atomic E-state index is 12.5. The molecule has 2 atom stereocenters. The van der Waals surface area contributed by atoms with E-state index < -0.39 is 10.8 Å². The Bertz CT molecular complexity index is 535. The Morgan fingerprint density at radius 3 is 3.05 bits per heavy atom. The van der Waals surface area contributed by atoms with Crippen molar-refractivity contribution in [2.75, 3.05) is 26.2 Å². The average Bonchev–Trinajstić information content (AvgIpc) is 2.53. The Morgan fingerprint density at radius 2 is 2.38 bits per heavy atom. The van der Waals surface area contributed by atoms with Crippen molar-refractivity contribution in [3.05, 3.63) is 39.9 Å². The van der Waals surface area contributed by atoms with Crippen LogP contribution in [0.15, 0.2) is 24.3 Å². The summed E-state index contributed by atoms with van der Waals surface area (Å²) >= 11 is 0. The Morgan fingerprint density at radius 1 is 1.62 bits per heavy atom. The predicted molar refractivity (Wildman–Crippen MR) is 76.9 cm³/mol. The largest absolute Gasteiger partial charge is 0.373 e. The number of morpholine rings is 1. The van der Waals surface area contributed by atoms with Crippen LogP contribution < -0.4 is 5.73 Å². The van der Waals surface area contributed by atoms with Gasteiger partial charge in [-0.1, -0.05) is 12.1 Å². The molecule has 1 amide bonds. The molecule has 1 fully saturated rings. The van der Waals surface area contributed by atoms with E-state index in [1.165, 1.54) is 12.1 Å². The van der Waals surface area contributed by atoms with Gasteiger partial charge >= 0.3 is 0 Å². The molecule has 1 aromatic rings. The molecule has 0 spiro atoms. The smallest absolute Gasteiger partial charge is 0.269 e. The summed E-state index contributed by atoms with van der Waals surface area (Å²) in [6.07, 6.45) is -0.139. The van der Waals surface area contributed by atoms with Crippen LogP contribution in [0.25, 0.3) is 0 Å². The van der Waals surface area contributed by atoms with Gasteiger partial charge in [0.05, 0.1) is 23.6 Å². The summed E-state index contributed by atoms with van der Waals surface area (Å²) in [7, 11) is 0. The molecule has 7 nitrogen and oxygen atoms in total. The highest BCUT2D eigenvalue weighted by Crippen LogP contribution is 2.23. The topological polar surface area (TPSA) is 98.7 Å². The van der Waals surface area contributed by atoms with Gasteiger partial charge in [-0.05, 0) is 12.5 Å². The Balaban J connectivity index is 2.11. The first-order chi connectivity index (χ1) is 10.0. The van der Waals surface area contributed by atoms with E-state index >= 15 is 0 Å². The van der Waals surface area contributed by atoms with Crippen LogP contribution in [0.1, 0.15) is 18.4 Å². The molecule has 1 aromatic carbocycles. The van der Waals surface area contributed by atoms with Crippen molar-refractivity contribution in [3.63, 3.8) is 0 Å². The van der Waals surface area contributed by atoms with Crippen LogP contribution in [-0.2, 0) is 9.53 Å². The quantitative estimate of drug-likeness (QED) is 0.656. The third-order valence-corrected chi connectivity index (χ3v) is 3.66. The molecule has 2 unspecified atom stereocenters. The molecule has 0 bridgehead atoms. The van der Waals surface area contributed by atoms with Crippen molar-refractivity contribution in [3.8, 4) is 0 Å². The third kappa shape index (κ3) is 3.56. The van der Waals surface area contributed by atoms with Gasteiger partial charge < -0.3 is 15.4 Å². The zero-order chi connectivity index (χ0) is 15.4. The van der Waals surface area contributed by atoms with Gasteiger partial charge in [-0.2, -0.15) is 0 Å². The van der Waals surface area contributed by atoms with Gasteiger partial charge in [0, 0.05) is 31.8 Å². The highest BCUT2D eigenvalue weighted by atomic mass is 16.6. The molecule has 114 valence electrons. The lowest BCUT2D eigenvalue weighted by atomic mass is 9.98. The van der Waals surface area contributed by atoms with Crippen molar-refractivity contribution >= 4 is 11.6 Å². The van der Waals surface area contributed by atoms with Gasteiger partial charge in [0.2, 0.25) is 5.91 Å². The van der Waals surface area contributed by atoms with Gasteiger partial charge in [0.1, 0.15) is 0 Å². The van der Waals surface area contributed by atoms with Crippen molar-refractivity contribution in [2.45, 2.75) is 18.9 Å². The standard InChI is InChI=1S/C14H19N3O4/c1-10(11-3-2-4-12(7-11)17(19)20)14(18)16-5-6-21-13(8-15)9-16/h2-4,7,10,13H,5-6,8-9,15H2,1H3. The van der Waals surface area contributed by atoms with E-state index in [4.69, 9.17) is 10.5 Å². The summed E-state index contributed by atoms with van der Waals surface area (Å²) < 4.78 is 5.44. The van der Waals surface area contributed by atoms with Crippen molar-refractivity contribution in [1.82, 2.24) is 4.90 Å². The van der Waals surface area contributed by atoms with E-state index in [-0.39, 0.29) is 17.7 Å². The first-order valence-electron chi connectivity index (χ1n) is 6.87. The van der Waals surface area contributed by atoms with E-state index in [1.54, 1.807) is 24.0 Å². The minimum Gasteiger partial charge on any atom is -0.373 e. The van der Waals surface area contributed by atoms with Crippen LogP contribution in [0.5, 0.6) is 0 Å². The summed E-state index contributed by atoms with van der Waals surface area (Å²) in [6, 6.07) is 6.19. The van der Waals surface area contributed by atoms with Crippen molar-refractivity contribution < 1.29 is 14.5 Å². The molecule has 0 saturated carbocycles. The lowest BCUT2D eigenvalue weighted by molar-refractivity contribution is -0.384. The summed E-state index contributed by atoms with van der Waals surface area (Å²) in [5.41, 5.74) is 6.21. The number of nitro groups is 1. The molecule has 1 heterocycles. The number of carbonyl (C=O) groups is 1. The molecule has 1 aliphatic rings. The fourth-order valence-corrected chi connectivity index (χ4v) is 2.39. The maximum Gasteiger partial charge on any atom is 0.269 e. The lowest BCUT2D eigenvalue weighted by Crippen LogP contribution is -2.49. The molecule has 1 aliphatic heterocycles. The number of hydrogen-bond donors (Lipinski definition) is 1. The van der Waals surface area contributed by atoms with E-state index in [0.717, 1.165) is 0 Å². The summed E-state index contributed by atoms with van der Waals surface area (Å²) in [5.74, 6) is -0.487. The predicted octanol–water partition coefficient (Wildman–Crippen LogP) is 0.884. The van der Waals surface area contributed by atoms with Gasteiger partial charge in [0.15, 0.2) is 0 Å².